The molecule has 0 saturated carbocycles. The highest BCUT2D eigenvalue weighted by molar-refractivity contribution is 4.65. The molecule has 0 aromatic rings. The molecule has 7 heavy (non-hydrogen) atoms. The Labute approximate surface area is 52.0 Å². The smallest absolute Gasteiger partial charge is 0.0601 e. The molecule has 1 saturated heterocycles. The van der Waals surface area contributed by atoms with E-state index in [0.717, 1.165) is 0 Å². The Bertz CT molecular complexity index is 209. The summed E-state index contributed by atoms with van der Waals surface area (Å²) in [5, 5.41) is 11.4. The summed E-state index contributed by atoms with van der Waals surface area (Å²) < 4.78 is 43.2. The third-order valence-corrected chi connectivity index (χ3v) is 0.641. The highest BCUT2D eigenvalue weighted by atomic mass is 16.3. The summed E-state index contributed by atoms with van der Waals surface area (Å²) in [6.45, 7) is -3.69. The molecule has 0 aliphatic carbocycles. The molecule has 4 atom stereocenters. The molecule has 0 aromatic heterocycles. The molecular formula is C5H11NO. The number of aliphatic hydroxyl groups is 1. The summed E-state index contributed by atoms with van der Waals surface area (Å²) in [5.41, 5.74) is 0. The van der Waals surface area contributed by atoms with Crippen molar-refractivity contribution in [3.63, 3.8) is 0 Å². The zero-order chi connectivity index (χ0) is 10.4. The molecule has 2 nitrogen and oxygen atoms in total. The number of hydrogen-bond acceptors (Lipinski definition) is 2. The Morgan fingerprint density at radius 1 is 1.86 bits per heavy atom. The van der Waals surface area contributed by atoms with Gasteiger partial charge in [-0.05, 0) is 25.8 Å². The fraction of sp³-hybridized carbons (Fsp3) is 1.00. The minimum atomic E-state index is -2.54. The summed E-state index contributed by atoms with van der Waals surface area (Å²) in [6, 6.07) is 0. The van der Waals surface area contributed by atoms with Crippen molar-refractivity contribution in [2.45, 2.75) is 18.9 Å². The zero-order valence-corrected chi connectivity index (χ0v) is 3.68. The SMILES string of the molecule is [2H]C1NC([2H])([2H])C([2H])C([2H])(O)C1[2H]. The van der Waals surface area contributed by atoms with Gasteiger partial charge >= 0.3 is 0 Å². The van der Waals surface area contributed by atoms with E-state index in [9.17, 15) is 5.11 Å². The van der Waals surface area contributed by atoms with E-state index in [1.54, 1.807) is 0 Å². The zero-order valence-electron chi connectivity index (χ0n) is 9.68. The lowest BCUT2D eigenvalue weighted by molar-refractivity contribution is 0.137. The van der Waals surface area contributed by atoms with Gasteiger partial charge in [-0.25, -0.2) is 0 Å². The Balaban J connectivity index is 2.96. The maximum Gasteiger partial charge on any atom is 0.0601 e. The molecule has 0 amide bonds. The first kappa shape index (κ1) is 1.45. The van der Waals surface area contributed by atoms with E-state index in [4.69, 9.17) is 8.22 Å². The number of rotatable bonds is 0. The fourth-order valence-corrected chi connectivity index (χ4v) is 0.339. The van der Waals surface area contributed by atoms with Crippen molar-refractivity contribution in [2.24, 2.45) is 0 Å². The topological polar surface area (TPSA) is 32.3 Å². The second kappa shape index (κ2) is 2.28. The third-order valence-electron chi connectivity index (χ3n) is 0.641. The van der Waals surface area contributed by atoms with E-state index in [0.29, 0.717) is 0 Å². The van der Waals surface area contributed by atoms with Gasteiger partial charge in [0.05, 0.1) is 7.45 Å². The summed E-state index contributed by atoms with van der Waals surface area (Å²) in [6.07, 6.45) is -5.87. The van der Waals surface area contributed by atoms with E-state index in [1.807, 2.05) is 0 Å². The molecule has 1 aliphatic rings. The summed E-state index contributed by atoms with van der Waals surface area (Å²) in [4.78, 5) is 0. The molecule has 0 aromatic carbocycles. The largest absolute Gasteiger partial charge is 0.393 e. The van der Waals surface area contributed by atoms with E-state index in [2.05, 4.69) is 5.32 Å². The molecule has 0 spiro atoms. The van der Waals surface area contributed by atoms with Crippen molar-refractivity contribution in [3.05, 3.63) is 0 Å². The molecular weight excluding hydrogens is 90.1 g/mol. The van der Waals surface area contributed by atoms with Crippen LogP contribution in [-0.4, -0.2) is 24.2 Å². The third kappa shape index (κ3) is 1.45. The lowest BCUT2D eigenvalue weighted by atomic mass is 10.1. The van der Waals surface area contributed by atoms with Crippen LogP contribution in [0, 0.1) is 0 Å². The normalized spacial score (nSPS) is 94.7. The van der Waals surface area contributed by atoms with Crippen molar-refractivity contribution in [1.82, 2.24) is 5.32 Å². The van der Waals surface area contributed by atoms with Gasteiger partial charge in [0.1, 0.15) is 0 Å². The molecule has 1 rings (SSSR count). The molecule has 4 unspecified atom stereocenters. The molecule has 2 N–H and O–H groups in total. The van der Waals surface area contributed by atoms with Gasteiger partial charge in [-0.3, -0.25) is 0 Å². The average molecular weight is 107 g/mol. The monoisotopic (exact) mass is 107 g/mol. The molecule has 0 bridgehead atoms. The number of hydrogen-bond donors (Lipinski definition) is 2. The van der Waals surface area contributed by atoms with Crippen molar-refractivity contribution < 1.29 is 13.3 Å². The molecule has 1 fully saturated rings. The van der Waals surface area contributed by atoms with Gasteiger partial charge in [0.15, 0.2) is 0 Å². The van der Waals surface area contributed by atoms with Crippen molar-refractivity contribution in [2.75, 3.05) is 13.0 Å². The predicted molar refractivity (Wildman–Crippen MR) is 28.1 cm³/mol. The lowest BCUT2D eigenvalue weighted by Gasteiger charge is -2.16. The van der Waals surface area contributed by atoms with E-state index in [1.165, 1.54) is 0 Å². The summed E-state index contributed by atoms with van der Waals surface area (Å²) in [7, 11) is 0. The molecule has 0 radical (unpaired) electrons. The maximum atomic E-state index is 9.31. The van der Waals surface area contributed by atoms with Crippen LogP contribution in [0.3, 0.4) is 0 Å². The van der Waals surface area contributed by atoms with Gasteiger partial charge in [0.25, 0.3) is 0 Å². The van der Waals surface area contributed by atoms with Crippen LogP contribution in [0.15, 0.2) is 0 Å². The lowest BCUT2D eigenvalue weighted by Crippen LogP contribution is -2.30. The highest BCUT2D eigenvalue weighted by Crippen LogP contribution is 1.99. The molecule has 42 valence electrons. The molecule has 2 heteroatoms. The summed E-state index contributed by atoms with van der Waals surface area (Å²) >= 11 is 0. The van der Waals surface area contributed by atoms with Crippen LogP contribution in [0.25, 0.3) is 0 Å². The van der Waals surface area contributed by atoms with Crippen LogP contribution in [-0.2, 0) is 0 Å². The van der Waals surface area contributed by atoms with Gasteiger partial charge < -0.3 is 10.4 Å². The minimum Gasteiger partial charge on any atom is -0.393 e. The molecule has 1 aliphatic heterocycles. The van der Waals surface area contributed by atoms with Gasteiger partial charge in [0, 0.05) is 6.85 Å². The van der Waals surface area contributed by atoms with Gasteiger partial charge in [-0.2, -0.15) is 0 Å². The van der Waals surface area contributed by atoms with Crippen LogP contribution >= 0.6 is 0 Å². The maximum absolute atomic E-state index is 9.31. The van der Waals surface area contributed by atoms with Gasteiger partial charge in [-0.15, -0.1) is 0 Å². The van der Waals surface area contributed by atoms with E-state index < -0.39 is 31.9 Å². The first-order valence-electron chi connectivity index (χ1n) is 5.19. The Morgan fingerprint density at radius 2 is 2.71 bits per heavy atom. The highest BCUT2D eigenvalue weighted by Gasteiger charge is 2.06. The molecule has 1 heterocycles. The number of piperidine rings is 1. The van der Waals surface area contributed by atoms with Crippen LogP contribution in [0.4, 0.5) is 0 Å². The first-order chi connectivity index (χ1) is 5.69. The minimum absolute atomic E-state index is 1.39. The van der Waals surface area contributed by atoms with Crippen LogP contribution < -0.4 is 5.32 Å². The Kier molecular flexibility index (Phi) is 0.474. The van der Waals surface area contributed by atoms with Crippen molar-refractivity contribution in [3.8, 4) is 0 Å². The van der Waals surface area contributed by atoms with Crippen molar-refractivity contribution in [1.29, 1.82) is 0 Å². The van der Waals surface area contributed by atoms with Gasteiger partial charge in [0.2, 0.25) is 0 Å². The summed E-state index contributed by atoms with van der Waals surface area (Å²) in [5.74, 6) is 0. The Hall–Kier alpha value is -0.0800. The second-order valence-corrected chi connectivity index (χ2v) is 1.19. The first-order valence-corrected chi connectivity index (χ1v) is 1.96. The van der Waals surface area contributed by atoms with Crippen LogP contribution in [0.1, 0.15) is 21.0 Å². The second-order valence-electron chi connectivity index (χ2n) is 1.19. The van der Waals surface area contributed by atoms with Crippen LogP contribution in [0.2, 0.25) is 0 Å². The fourth-order valence-electron chi connectivity index (χ4n) is 0.339. The van der Waals surface area contributed by atoms with E-state index in [-0.39, 0.29) is 0 Å². The predicted octanol–water partition coefficient (Wildman–Crippen LogP) is -0.269. The van der Waals surface area contributed by atoms with Crippen molar-refractivity contribution >= 4 is 0 Å². The Morgan fingerprint density at radius 3 is 3.57 bits per heavy atom. The van der Waals surface area contributed by atoms with Gasteiger partial charge in [-0.1, -0.05) is 0 Å². The number of nitrogens with one attached hydrogen (secondary N) is 1. The quantitative estimate of drug-likeness (QED) is 0.446. The standard InChI is InChI=1S/C5H11NO/c7-5-1-3-6-4-2-5/h5-7H,1-4H2/i1D,2D,3D,4D2,5D. The average Bonchev–Trinajstić information content (AvgIpc) is 1.98. The van der Waals surface area contributed by atoms with Crippen LogP contribution in [0.5, 0.6) is 0 Å². The van der Waals surface area contributed by atoms with E-state index >= 15 is 0 Å².